The van der Waals surface area contributed by atoms with Crippen molar-refractivity contribution >= 4 is 17.6 Å². The predicted molar refractivity (Wildman–Crippen MR) is 59.0 cm³/mol. The maximum atomic E-state index is 11.7. The summed E-state index contributed by atoms with van der Waals surface area (Å²) >= 11 is 0. The van der Waals surface area contributed by atoms with Gasteiger partial charge < -0.3 is 15.4 Å². The van der Waals surface area contributed by atoms with Crippen LogP contribution in [0, 0.1) is 6.92 Å². The molecule has 17 heavy (non-hydrogen) atoms. The monoisotopic (exact) mass is 234 g/mol. The van der Waals surface area contributed by atoms with Crippen LogP contribution in [0.5, 0.6) is 0 Å². The highest BCUT2D eigenvalue weighted by Gasteiger charge is 2.16. The fraction of sp³-hybridized carbons (Fsp3) is 0.100. The van der Waals surface area contributed by atoms with Gasteiger partial charge in [-0.25, -0.2) is 4.79 Å². The molecule has 88 valence electrons. The molecule has 0 spiro atoms. The van der Waals surface area contributed by atoms with Gasteiger partial charge in [0.15, 0.2) is 0 Å². The van der Waals surface area contributed by atoms with E-state index in [2.05, 4.69) is 20.5 Å². The molecule has 2 aromatic heterocycles. The third-order valence-corrected chi connectivity index (χ3v) is 2.16. The van der Waals surface area contributed by atoms with E-state index in [-0.39, 0.29) is 17.1 Å². The average Bonchev–Trinajstić information content (AvgIpc) is 2.86. The van der Waals surface area contributed by atoms with E-state index in [0.29, 0.717) is 5.69 Å². The highest BCUT2D eigenvalue weighted by Crippen LogP contribution is 2.17. The minimum atomic E-state index is -1.13. The molecule has 0 atom stereocenters. The van der Waals surface area contributed by atoms with Crippen molar-refractivity contribution in [2.75, 3.05) is 5.32 Å². The van der Waals surface area contributed by atoms with Gasteiger partial charge in [-0.3, -0.25) is 9.89 Å². The van der Waals surface area contributed by atoms with Gasteiger partial charge in [0, 0.05) is 11.9 Å². The Kier molecular flexibility index (Phi) is 2.65. The highest BCUT2D eigenvalue weighted by molar-refractivity contribution is 6.06. The maximum Gasteiger partial charge on any atom is 0.354 e. The topological polar surface area (TPSA) is 111 Å². The van der Waals surface area contributed by atoms with E-state index in [1.807, 2.05) is 0 Å². The molecule has 0 aliphatic carbocycles. The average molecular weight is 234 g/mol. The molecule has 7 nitrogen and oxygen atoms in total. The van der Waals surface area contributed by atoms with E-state index in [1.165, 1.54) is 12.3 Å². The molecule has 4 N–H and O–H groups in total. The van der Waals surface area contributed by atoms with Gasteiger partial charge in [-0.1, -0.05) is 0 Å². The lowest BCUT2D eigenvalue weighted by Gasteiger charge is -2.01. The predicted octanol–water partition coefficient (Wildman–Crippen LogP) is 0.997. The summed E-state index contributed by atoms with van der Waals surface area (Å²) in [6, 6.07) is 3.05. The van der Waals surface area contributed by atoms with E-state index in [1.54, 1.807) is 13.0 Å². The van der Waals surface area contributed by atoms with Gasteiger partial charge in [0.05, 0.1) is 5.69 Å². The number of carbonyl (C=O) groups is 2. The number of nitrogens with one attached hydrogen (secondary N) is 3. The summed E-state index contributed by atoms with van der Waals surface area (Å²) in [5.41, 5.74) is 1.10. The first-order valence-electron chi connectivity index (χ1n) is 4.81. The zero-order valence-electron chi connectivity index (χ0n) is 8.94. The van der Waals surface area contributed by atoms with Crippen molar-refractivity contribution in [2.45, 2.75) is 6.92 Å². The van der Waals surface area contributed by atoms with E-state index < -0.39 is 11.9 Å². The van der Waals surface area contributed by atoms with E-state index in [0.717, 1.165) is 0 Å². The first kappa shape index (κ1) is 10.9. The van der Waals surface area contributed by atoms with Crippen molar-refractivity contribution in [2.24, 2.45) is 0 Å². The Balaban J connectivity index is 2.24. The van der Waals surface area contributed by atoms with Crippen LogP contribution >= 0.6 is 0 Å². The lowest BCUT2D eigenvalue weighted by Crippen LogP contribution is -2.14. The number of anilines is 1. The number of amides is 1. The molecular weight excluding hydrogens is 224 g/mol. The number of aryl methyl sites for hydroxylation is 1. The number of hydrogen-bond donors (Lipinski definition) is 4. The number of aromatic carboxylic acids is 1. The Hall–Kier alpha value is -2.57. The number of carboxylic acids is 1. The van der Waals surface area contributed by atoms with Crippen LogP contribution in [-0.2, 0) is 0 Å². The molecule has 0 aliphatic rings. The third-order valence-electron chi connectivity index (χ3n) is 2.16. The molecular formula is C10H10N4O3. The van der Waals surface area contributed by atoms with Gasteiger partial charge in [0.25, 0.3) is 5.91 Å². The Morgan fingerprint density at radius 1 is 1.47 bits per heavy atom. The number of aromatic nitrogens is 3. The summed E-state index contributed by atoms with van der Waals surface area (Å²) in [5, 5.41) is 17.5. The standard InChI is InChI=1S/C10H10N4O3/c1-5-4-7(8(12-5)10(16)17)13-9(15)6-2-3-11-14-6/h2-4,12H,1H3,(H,11,14)(H,13,15)(H,16,17). The minimum absolute atomic E-state index is 0.0460. The number of carboxylic acid groups (broad SMARTS) is 1. The molecule has 2 rings (SSSR count). The second-order valence-corrected chi connectivity index (χ2v) is 3.47. The number of hydrogen-bond acceptors (Lipinski definition) is 3. The Bertz CT molecular complexity index is 556. The van der Waals surface area contributed by atoms with Crippen molar-refractivity contribution in [3.05, 3.63) is 35.4 Å². The molecule has 0 radical (unpaired) electrons. The molecule has 2 aromatic rings. The first-order valence-corrected chi connectivity index (χ1v) is 4.81. The van der Waals surface area contributed by atoms with Crippen LogP contribution < -0.4 is 5.32 Å². The summed E-state index contributed by atoms with van der Waals surface area (Å²) in [6.07, 6.45) is 1.44. The fourth-order valence-corrected chi connectivity index (χ4v) is 1.43. The van der Waals surface area contributed by atoms with Crippen LogP contribution in [0.1, 0.15) is 26.7 Å². The third kappa shape index (κ3) is 2.17. The van der Waals surface area contributed by atoms with Crippen LogP contribution in [0.25, 0.3) is 0 Å². The largest absolute Gasteiger partial charge is 0.477 e. The normalized spacial score (nSPS) is 10.2. The molecule has 0 saturated carbocycles. The fourth-order valence-electron chi connectivity index (χ4n) is 1.43. The van der Waals surface area contributed by atoms with Gasteiger partial charge in [0.1, 0.15) is 11.4 Å². The highest BCUT2D eigenvalue weighted by atomic mass is 16.4. The summed E-state index contributed by atoms with van der Waals surface area (Å²) in [7, 11) is 0. The van der Waals surface area contributed by atoms with E-state index in [9.17, 15) is 9.59 Å². The molecule has 7 heteroatoms. The molecule has 2 heterocycles. The second kappa shape index (κ2) is 4.12. The molecule has 0 saturated heterocycles. The SMILES string of the molecule is Cc1cc(NC(=O)c2ccn[nH]2)c(C(=O)O)[nH]1. The molecule has 0 aromatic carbocycles. The quantitative estimate of drug-likeness (QED) is 0.634. The van der Waals surface area contributed by atoms with Crippen molar-refractivity contribution < 1.29 is 14.7 Å². The number of H-pyrrole nitrogens is 2. The zero-order valence-corrected chi connectivity index (χ0v) is 8.94. The van der Waals surface area contributed by atoms with Crippen LogP contribution in [0.3, 0.4) is 0 Å². The molecule has 0 bridgehead atoms. The van der Waals surface area contributed by atoms with Gasteiger partial charge >= 0.3 is 5.97 Å². The van der Waals surface area contributed by atoms with Gasteiger partial charge in [-0.15, -0.1) is 0 Å². The van der Waals surface area contributed by atoms with Gasteiger partial charge in [-0.2, -0.15) is 5.10 Å². The van der Waals surface area contributed by atoms with Gasteiger partial charge in [0.2, 0.25) is 0 Å². The van der Waals surface area contributed by atoms with E-state index >= 15 is 0 Å². The van der Waals surface area contributed by atoms with Crippen LogP contribution in [0.15, 0.2) is 18.3 Å². The second-order valence-electron chi connectivity index (χ2n) is 3.47. The smallest absolute Gasteiger partial charge is 0.354 e. The van der Waals surface area contributed by atoms with Crippen molar-refractivity contribution in [3.8, 4) is 0 Å². The molecule has 0 fully saturated rings. The van der Waals surface area contributed by atoms with Crippen LogP contribution in [-0.4, -0.2) is 32.2 Å². The zero-order chi connectivity index (χ0) is 12.4. The lowest BCUT2D eigenvalue weighted by atomic mass is 10.3. The van der Waals surface area contributed by atoms with Crippen molar-refractivity contribution in [1.82, 2.24) is 15.2 Å². The minimum Gasteiger partial charge on any atom is -0.477 e. The summed E-state index contributed by atoms with van der Waals surface area (Å²) in [6.45, 7) is 1.71. The Labute approximate surface area is 95.9 Å². The van der Waals surface area contributed by atoms with Crippen LogP contribution in [0.4, 0.5) is 5.69 Å². The molecule has 0 aliphatic heterocycles. The van der Waals surface area contributed by atoms with Crippen molar-refractivity contribution in [1.29, 1.82) is 0 Å². The summed E-state index contributed by atoms with van der Waals surface area (Å²) in [4.78, 5) is 25.2. The van der Waals surface area contributed by atoms with Crippen LogP contribution in [0.2, 0.25) is 0 Å². The summed E-state index contributed by atoms with van der Waals surface area (Å²) < 4.78 is 0. The number of carbonyl (C=O) groups excluding carboxylic acids is 1. The lowest BCUT2D eigenvalue weighted by molar-refractivity contribution is 0.0692. The Morgan fingerprint density at radius 2 is 2.24 bits per heavy atom. The molecule has 1 amide bonds. The Morgan fingerprint density at radius 3 is 2.82 bits per heavy atom. The number of aromatic amines is 2. The number of rotatable bonds is 3. The van der Waals surface area contributed by atoms with Crippen molar-refractivity contribution in [3.63, 3.8) is 0 Å². The molecule has 0 unspecified atom stereocenters. The maximum absolute atomic E-state index is 11.7. The summed E-state index contributed by atoms with van der Waals surface area (Å²) in [5.74, 6) is -1.57. The number of nitrogens with zero attached hydrogens (tertiary/aromatic N) is 1. The van der Waals surface area contributed by atoms with E-state index in [4.69, 9.17) is 5.11 Å². The van der Waals surface area contributed by atoms with Gasteiger partial charge in [-0.05, 0) is 19.1 Å². The first-order chi connectivity index (χ1) is 8.08.